The van der Waals surface area contributed by atoms with Crippen LogP contribution in [-0.4, -0.2) is 37.8 Å². The van der Waals surface area contributed by atoms with E-state index in [9.17, 15) is 19.5 Å². The molecule has 146 valence electrons. The third kappa shape index (κ3) is 3.49. The van der Waals surface area contributed by atoms with E-state index < -0.39 is 34.7 Å². The van der Waals surface area contributed by atoms with Crippen LogP contribution in [0.2, 0.25) is 0 Å². The van der Waals surface area contributed by atoms with Gasteiger partial charge in [-0.2, -0.15) is 0 Å². The molecule has 1 fully saturated rings. The molecule has 3 rings (SSSR count). The van der Waals surface area contributed by atoms with Crippen molar-refractivity contribution in [3.63, 3.8) is 0 Å². The summed E-state index contributed by atoms with van der Waals surface area (Å²) in [5, 5.41) is 13.1. The van der Waals surface area contributed by atoms with Crippen LogP contribution in [0.15, 0.2) is 29.1 Å². The summed E-state index contributed by atoms with van der Waals surface area (Å²) in [5.74, 6) is -0.670. The molecule has 1 aliphatic rings. The Morgan fingerprint density at radius 2 is 1.85 bits per heavy atom. The highest BCUT2D eigenvalue weighted by molar-refractivity contribution is 5.92. The van der Waals surface area contributed by atoms with Crippen LogP contribution in [0.25, 0.3) is 11.0 Å². The average Bonchev–Trinajstić information content (AvgIpc) is 2.82. The number of imidazole rings is 1. The number of para-hydroxylation sites is 2. The van der Waals surface area contributed by atoms with Gasteiger partial charge in [0.2, 0.25) is 5.91 Å². The second-order valence-electron chi connectivity index (χ2n) is 8.42. The van der Waals surface area contributed by atoms with Crippen molar-refractivity contribution in [2.24, 2.45) is 11.1 Å². The van der Waals surface area contributed by atoms with E-state index in [4.69, 9.17) is 5.73 Å². The molecule has 4 N–H and O–H groups in total. The van der Waals surface area contributed by atoms with Crippen LogP contribution in [0.3, 0.4) is 0 Å². The molecule has 2 amide bonds. The number of rotatable bonds is 4. The molecule has 8 nitrogen and oxygen atoms in total. The minimum Gasteiger partial charge on any atom is -0.388 e. The van der Waals surface area contributed by atoms with E-state index >= 15 is 0 Å². The van der Waals surface area contributed by atoms with Gasteiger partial charge in [0.15, 0.2) is 0 Å². The predicted molar refractivity (Wildman–Crippen MR) is 101 cm³/mol. The number of hydrogen-bond donors (Lipinski definition) is 3. The van der Waals surface area contributed by atoms with E-state index in [-0.39, 0.29) is 6.54 Å². The van der Waals surface area contributed by atoms with Crippen LogP contribution in [-0.2, 0) is 11.3 Å². The number of hydrogen-bond acceptors (Lipinski definition) is 4. The Morgan fingerprint density at radius 3 is 2.33 bits per heavy atom. The van der Waals surface area contributed by atoms with E-state index in [1.807, 2.05) is 0 Å². The lowest BCUT2D eigenvalue weighted by Gasteiger charge is -2.36. The van der Waals surface area contributed by atoms with Crippen molar-refractivity contribution in [3.8, 4) is 0 Å². The van der Waals surface area contributed by atoms with E-state index in [0.29, 0.717) is 23.9 Å². The van der Waals surface area contributed by atoms with E-state index in [0.717, 1.165) is 11.0 Å². The van der Waals surface area contributed by atoms with Gasteiger partial charge in [-0.15, -0.1) is 0 Å². The van der Waals surface area contributed by atoms with Crippen molar-refractivity contribution >= 4 is 23.0 Å². The number of carbonyl (C=O) groups excluding carboxylic acids is 2. The molecule has 0 bridgehead atoms. The van der Waals surface area contributed by atoms with Crippen LogP contribution in [0.5, 0.6) is 0 Å². The maximum absolute atomic E-state index is 13.0. The Kier molecular flexibility index (Phi) is 4.63. The number of aliphatic hydroxyl groups is 1. The first-order chi connectivity index (χ1) is 12.5. The smallest absolute Gasteiger partial charge is 0.337 e. The maximum Gasteiger partial charge on any atom is 0.337 e. The predicted octanol–water partition coefficient (Wildman–Crippen LogP) is 1.18. The monoisotopic (exact) mass is 374 g/mol. The summed E-state index contributed by atoms with van der Waals surface area (Å²) in [4.78, 5) is 37.6. The van der Waals surface area contributed by atoms with Crippen molar-refractivity contribution in [3.05, 3.63) is 34.7 Å². The number of carbonyl (C=O) groups is 2. The highest BCUT2D eigenvalue weighted by Gasteiger charge is 2.37. The van der Waals surface area contributed by atoms with Gasteiger partial charge >= 0.3 is 11.7 Å². The summed E-state index contributed by atoms with van der Waals surface area (Å²) in [6, 6.07) is 5.24. The molecule has 8 heteroatoms. The Morgan fingerprint density at radius 1 is 1.26 bits per heavy atom. The van der Waals surface area contributed by atoms with Crippen molar-refractivity contribution in [1.29, 1.82) is 0 Å². The van der Waals surface area contributed by atoms with Crippen molar-refractivity contribution in [2.75, 3.05) is 0 Å². The lowest BCUT2D eigenvalue weighted by Crippen LogP contribution is -2.54. The summed E-state index contributed by atoms with van der Waals surface area (Å²) in [6.45, 7) is 5.47. The summed E-state index contributed by atoms with van der Waals surface area (Å²) in [7, 11) is 0. The highest BCUT2D eigenvalue weighted by Crippen LogP contribution is 2.33. The standard InChI is InChI=1S/C19H26N4O4/c1-18(2,3)14(15(20)24)21-16(25)23-13-8-5-4-7-12(13)22(17(23)26)11-19(27)9-6-10-19/h4-5,7-8,14,27H,6,9-11H2,1-3H3,(H2,20,24)(H,21,25)/t14-/m1/s1. The normalized spacial score (nSPS) is 17.3. The molecule has 27 heavy (non-hydrogen) atoms. The van der Waals surface area contributed by atoms with Gasteiger partial charge in [-0.3, -0.25) is 9.36 Å². The van der Waals surface area contributed by atoms with E-state index in [1.165, 1.54) is 4.57 Å². The zero-order valence-electron chi connectivity index (χ0n) is 15.9. The van der Waals surface area contributed by atoms with E-state index in [1.54, 1.807) is 45.0 Å². The number of nitrogens with one attached hydrogen (secondary N) is 1. The number of fused-ring (bicyclic) bond motifs is 1. The molecule has 0 saturated heterocycles. The van der Waals surface area contributed by atoms with Crippen LogP contribution >= 0.6 is 0 Å². The quantitative estimate of drug-likeness (QED) is 0.744. The third-order valence-corrected chi connectivity index (χ3v) is 5.19. The van der Waals surface area contributed by atoms with Crippen molar-refractivity contribution in [1.82, 2.24) is 14.5 Å². The first-order valence-electron chi connectivity index (χ1n) is 9.06. The molecule has 0 radical (unpaired) electrons. The molecule has 2 aromatic rings. The number of aromatic nitrogens is 2. The minimum absolute atomic E-state index is 0.130. The van der Waals surface area contributed by atoms with Gasteiger partial charge in [-0.05, 0) is 36.8 Å². The molecular formula is C19H26N4O4. The van der Waals surface area contributed by atoms with Crippen molar-refractivity contribution < 1.29 is 14.7 Å². The molecule has 1 saturated carbocycles. The van der Waals surface area contributed by atoms with Crippen molar-refractivity contribution in [2.45, 2.75) is 58.2 Å². The average molecular weight is 374 g/mol. The molecular weight excluding hydrogens is 348 g/mol. The molecule has 1 aliphatic carbocycles. The molecule has 0 unspecified atom stereocenters. The van der Waals surface area contributed by atoms with Crippen LogP contribution in [0, 0.1) is 5.41 Å². The number of primary amides is 1. The number of nitrogens with zero attached hydrogens (tertiary/aromatic N) is 2. The largest absolute Gasteiger partial charge is 0.388 e. The Labute approximate surface area is 157 Å². The second kappa shape index (κ2) is 6.53. The maximum atomic E-state index is 13.0. The molecule has 1 aromatic carbocycles. The van der Waals surface area contributed by atoms with Crippen LogP contribution in [0.1, 0.15) is 40.0 Å². The van der Waals surface area contributed by atoms with Crippen LogP contribution < -0.4 is 16.7 Å². The Balaban J connectivity index is 2.04. The number of nitrogens with two attached hydrogens (primary N) is 1. The Hall–Kier alpha value is -2.61. The topological polar surface area (TPSA) is 119 Å². The van der Waals surface area contributed by atoms with Gasteiger partial charge < -0.3 is 16.2 Å². The zero-order valence-corrected chi connectivity index (χ0v) is 15.9. The fourth-order valence-electron chi connectivity index (χ4n) is 3.50. The first-order valence-corrected chi connectivity index (χ1v) is 9.06. The minimum atomic E-state index is -0.935. The highest BCUT2D eigenvalue weighted by atomic mass is 16.3. The summed E-state index contributed by atoms with van der Waals surface area (Å²) in [6.07, 6.45) is 2.16. The number of benzene rings is 1. The number of amides is 2. The fraction of sp³-hybridized carbons (Fsp3) is 0.526. The third-order valence-electron chi connectivity index (χ3n) is 5.19. The van der Waals surface area contributed by atoms with Gasteiger partial charge in [-0.25, -0.2) is 14.2 Å². The lowest BCUT2D eigenvalue weighted by atomic mass is 9.80. The summed E-state index contributed by atoms with van der Waals surface area (Å²) >= 11 is 0. The fourth-order valence-corrected chi connectivity index (χ4v) is 3.50. The van der Waals surface area contributed by atoms with Gasteiger partial charge in [-0.1, -0.05) is 32.9 Å². The SMILES string of the molecule is CC(C)(C)[C@H](NC(=O)n1c(=O)n(CC2(O)CCC2)c2ccccc21)C(N)=O. The molecule has 0 spiro atoms. The van der Waals surface area contributed by atoms with Gasteiger partial charge in [0.1, 0.15) is 6.04 Å². The molecule has 1 atom stereocenters. The van der Waals surface area contributed by atoms with Gasteiger partial charge in [0.25, 0.3) is 0 Å². The summed E-state index contributed by atoms with van der Waals surface area (Å²) in [5.41, 5.74) is 4.33. The zero-order chi connectivity index (χ0) is 20.0. The van der Waals surface area contributed by atoms with Crippen LogP contribution in [0.4, 0.5) is 4.79 Å². The Bertz CT molecular complexity index is 947. The molecule has 1 heterocycles. The first kappa shape index (κ1) is 19.2. The van der Waals surface area contributed by atoms with E-state index in [2.05, 4.69) is 5.32 Å². The lowest BCUT2D eigenvalue weighted by molar-refractivity contribution is -0.122. The molecule has 0 aliphatic heterocycles. The van der Waals surface area contributed by atoms with Gasteiger partial charge in [0, 0.05) is 0 Å². The molecule has 1 aromatic heterocycles. The second-order valence-corrected chi connectivity index (χ2v) is 8.42. The van der Waals surface area contributed by atoms with Gasteiger partial charge in [0.05, 0.1) is 23.2 Å². The summed E-state index contributed by atoms with van der Waals surface area (Å²) < 4.78 is 2.42.